The third-order valence-electron chi connectivity index (χ3n) is 7.28. The number of nitrogens with one attached hydrogen (secondary N) is 1. The lowest BCUT2D eigenvalue weighted by atomic mass is 10.00. The molecule has 1 aromatic heterocycles. The lowest BCUT2D eigenvalue weighted by Gasteiger charge is -2.16. The fraction of sp³-hybridized carbons (Fsp3) is 0.200. The molecule has 5 aromatic rings. The van der Waals surface area contributed by atoms with Crippen molar-refractivity contribution in [3.8, 4) is 22.4 Å². The largest absolute Gasteiger partial charge is 0.481 e. The third-order valence-corrected chi connectivity index (χ3v) is 7.28. The number of amides is 1. The van der Waals surface area contributed by atoms with Crippen molar-refractivity contribution < 1.29 is 19.1 Å². The van der Waals surface area contributed by atoms with Gasteiger partial charge in [-0.2, -0.15) is 0 Å². The molecule has 0 fully saturated rings. The van der Waals surface area contributed by atoms with E-state index in [1.165, 1.54) is 0 Å². The van der Waals surface area contributed by atoms with Crippen molar-refractivity contribution in [1.82, 2.24) is 15.3 Å². The van der Waals surface area contributed by atoms with E-state index < -0.39 is 12.6 Å². The Balaban J connectivity index is 1.39. The molecule has 1 atom stereocenters. The van der Waals surface area contributed by atoms with Crippen molar-refractivity contribution in [2.24, 2.45) is 0 Å². The van der Waals surface area contributed by atoms with Gasteiger partial charge in [0.05, 0.1) is 28.5 Å². The second-order valence-electron chi connectivity index (χ2n) is 10.3. The fourth-order valence-corrected chi connectivity index (χ4v) is 4.94. The molecule has 0 unspecified atom stereocenters. The highest BCUT2D eigenvalue weighted by molar-refractivity contribution is 5.97. The van der Waals surface area contributed by atoms with Gasteiger partial charge in [-0.15, -0.1) is 0 Å². The Morgan fingerprint density at radius 1 is 0.810 bits per heavy atom. The predicted molar refractivity (Wildman–Crippen MR) is 163 cm³/mol. The van der Waals surface area contributed by atoms with Gasteiger partial charge in [-0.3, -0.25) is 9.59 Å². The fourth-order valence-electron chi connectivity index (χ4n) is 4.94. The number of carboxylic acids is 1. The van der Waals surface area contributed by atoms with Gasteiger partial charge in [0.25, 0.3) is 5.91 Å². The number of hydrogen-bond acceptors (Lipinski definition) is 4. The molecule has 4 aromatic carbocycles. The second-order valence-corrected chi connectivity index (χ2v) is 10.3. The summed E-state index contributed by atoms with van der Waals surface area (Å²) < 4.78 is 13.1. The summed E-state index contributed by atoms with van der Waals surface area (Å²) in [7, 11) is 0. The Morgan fingerprint density at radius 2 is 1.57 bits per heavy atom. The number of aryl methyl sites for hydroxylation is 1. The van der Waals surface area contributed by atoms with E-state index in [0.29, 0.717) is 52.8 Å². The van der Waals surface area contributed by atoms with Gasteiger partial charge in [0.15, 0.2) is 0 Å². The summed E-state index contributed by atoms with van der Waals surface area (Å²) in [5, 5.41) is 12.1. The van der Waals surface area contributed by atoms with Crippen molar-refractivity contribution in [2.75, 3.05) is 0 Å². The van der Waals surface area contributed by atoms with E-state index >= 15 is 0 Å². The Labute approximate surface area is 244 Å². The van der Waals surface area contributed by atoms with E-state index in [4.69, 9.17) is 15.1 Å². The van der Waals surface area contributed by atoms with Crippen molar-refractivity contribution in [3.05, 3.63) is 119 Å². The molecule has 0 aliphatic carbocycles. The quantitative estimate of drug-likeness (QED) is 0.161. The number of rotatable bonds is 11. The number of carbonyl (C=O) groups excluding carboxylic acids is 1. The molecule has 0 aliphatic rings. The summed E-state index contributed by atoms with van der Waals surface area (Å²) >= 11 is 0. The van der Waals surface area contributed by atoms with Gasteiger partial charge in [-0.1, -0.05) is 72.8 Å². The number of carbonyl (C=O) groups is 2. The number of benzene rings is 4. The number of hydrogen-bond donors (Lipinski definition) is 2. The summed E-state index contributed by atoms with van der Waals surface area (Å²) in [6.45, 7) is 1.41. The molecule has 1 heterocycles. The number of nitrogens with zero attached hydrogens (tertiary/aromatic N) is 2. The van der Waals surface area contributed by atoms with E-state index in [1.54, 1.807) is 30.3 Å². The number of aromatic nitrogens is 2. The van der Waals surface area contributed by atoms with Crippen LogP contribution >= 0.6 is 0 Å². The standard InChI is InChI=1S/C35H32FN3O3/c1-23(27-10-7-11-28(20-27)25-8-3-2-4-9-25)37-35(42)29-18-19-30-32(21-29)38-31(12-5-6-13-33(40)41)34(39-30)26-16-14-24(22-36)15-17-26/h2-4,7-11,14-21,23H,5-6,12-13,22H2,1H3,(H,37,42)(H,40,41)/t23-/m0/s1. The number of carboxylic acid groups (broad SMARTS) is 1. The van der Waals surface area contributed by atoms with Crippen LogP contribution in [-0.2, 0) is 17.9 Å². The van der Waals surface area contributed by atoms with Gasteiger partial charge in [-0.25, -0.2) is 14.4 Å². The molecule has 5 rings (SSSR count). The van der Waals surface area contributed by atoms with Crippen LogP contribution in [-0.4, -0.2) is 27.0 Å². The van der Waals surface area contributed by atoms with Crippen LogP contribution in [0.25, 0.3) is 33.4 Å². The highest BCUT2D eigenvalue weighted by Gasteiger charge is 2.16. The number of halogens is 1. The maximum atomic E-state index is 13.3. The van der Waals surface area contributed by atoms with Crippen LogP contribution in [0.2, 0.25) is 0 Å². The summed E-state index contributed by atoms with van der Waals surface area (Å²) in [5.74, 6) is -1.05. The van der Waals surface area contributed by atoms with E-state index in [0.717, 1.165) is 22.3 Å². The summed E-state index contributed by atoms with van der Waals surface area (Å²) in [4.78, 5) is 34.0. The minimum Gasteiger partial charge on any atom is -0.481 e. The van der Waals surface area contributed by atoms with Crippen molar-refractivity contribution >= 4 is 22.9 Å². The Kier molecular flexibility index (Phi) is 8.97. The number of unbranched alkanes of at least 4 members (excludes halogenated alkanes) is 1. The third kappa shape index (κ3) is 6.86. The van der Waals surface area contributed by atoms with Crippen molar-refractivity contribution in [1.29, 1.82) is 0 Å². The molecule has 0 radical (unpaired) electrons. The molecular weight excluding hydrogens is 529 g/mol. The van der Waals surface area contributed by atoms with E-state index in [-0.39, 0.29) is 18.4 Å². The van der Waals surface area contributed by atoms with E-state index in [2.05, 4.69) is 29.6 Å². The molecule has 0 aliphatic heterocycles. The molecule has 0 bridgehead atoms. The summed E-state index contributed by atoms with van der Waals surface area (Å²) in [6, 6.07) is 30.4. The lowest BCUT2D eigenvalue weighted by Crippen LogP contribution is -2.26. The van der Waals surface area contributed by atoms with Gasteiger partial charge in [-0.05, 0) is 72.7 Å². The van der Waals surface area contributed by atoms with Crippen molar-refractivity contribution in [3.63, 3.8) is 0 Å². The lowest BCUT2D eigenvalue weighted by molar-refractivity contribution is -0.137. The van der Waals surface area contributed by atoms with Gasteiger partial charge in [0.1, 0.15) is 6.67 Å². The molecule has 0 saturated heterocycles. The first kappa shape index (κ1) is 28.6. The number of aliphatic carboxylic acids is 1. The molecule has 42 heavy (non-hydrogen) atoms. The monoisotopic (exact) mass is 561 g/mol. The molecule has 7 heteroatoms. The Morgan fingerprint density at radius 3 is 2.31 bits per heavy atom. The summed E-state index contributed by atoms with van der Waals surface area (Å²) in [5.41, 5.74) is 7.65. The van der Waals surface area contributed by atoms with Crippen molar-refractivity contribution in [2.45, 2.75) is 45.3 Å². The predicted octanol–water partition coefficient (Wildman–Crippen LogP) is 7.72. The highest BCUT2D eigenvalue weighted by Crippen LogP contribution is 2.27. The maximum absolute atomic E-state index is 13.3. The first-order valence-corrected chi connectivity index (χ1v) is 14.1. The molecule has 2 N–H and O–H groups in total. The minimum absolute atomic E-state index is 0.0816. The molecule has 212 valence electrons. The first-order chi connectivity index (χ1) is 20.4. The minimum atomic E-state index is -0.835. The molecule has 0 spiro atoms. The highest BCUT2D eigenvalue weighted by atomic mass is 19.1. The first-order valence-electron chi connectivity index (χ1n) is 14.1. The average Bonchev–Trinajstić information content (AvgIpc) is 3.02. The molecule has 1 amide bonds. The smallest absolute Gasteiger partial charge is 0.303 e. The number of fused-ring (bicyclic) bond motifs is 1. The Bertz CT molecular complexity index is 1700. The molecule has 0 saturated carbocycles. The van der Waals surface area contributed by atoms with Gasteiger partial charge >= 0.3 is 5.97 Å². The normalized spacial score (nSPS) is 11.8. The van der Waals surface area contributed by atoms with E-state index in [1.807, 2.05) is 49.4 Å². The van der Waals surface area contributed by atoms with E-state index in [9.17, 15) is 14.0 Å². The number of alkyl halides is 1. The zero-order valence-corrected chi connectivity index (χ0v) is 23.4. The van der Waals surface area contributed by atoms with Crippen LogP contribution in [0, 0.1) is 0 Å². The van der Waals surface area contributed by atoms with Crippen LogP contribution in [0.3, 0.4) is 0 Å². The van der Waals surface area contributed by atoms with Crippen LogP contribution < -0.4 is 5.32 Å². The van der Waals surface area contributed by atoms with Crippen LogP contribution in [0.1, 0.15) is 59.4 Å². The van der Waals surface area contributed by atoms with Crippen LogP contribution in [0.15, 0.2) is 97.1 Å². The topological polar surface area (TPSA) is 92.2 Å². The molecular formula is C35H32FN3O3. The SMILES string of the molecule is C[C@H](NC(=O)c1ccc2nc(-c3ccc(CF)cc3)c(CCCCC(=O)O)nc2c1)c1cccc(-c2ccccc2)c1. The Hall–Kier alpha value is -4.91. The average molecular weight is 562 g/mol. The summed E-state index contributed by atoms with van der Waals surface area (Å²) in [6.07, 6.45) is 1.75. The van der Waals surface area contributed by atoms with Crippen LogP contribution in [0.4, 0.5) is 4.39 Å². The molecule has 6 nitrogen and oxygen atoms in total. The van der Waals surface area contributed by atoms with Gasteiger partial charge < -0.3 is 10.4 Å². The second kappa shape index (κ2) is 13.2. The van der Waals surface area contributed by atoms with Gasteiger partial charge in [0.2, 0.25) is 0 Å². The van der Waals surface area contributed by atoms with Gasteiger partial charge in [0, 0.05) is 17.5 Å². The maximum Gasteiger partial charge on any atom is 0.303 e. The zero-order chi connectivity index (χ0) is 29.5. The zero-order valence-electron chi connectivity index (χ0n) is 23.4. The van der Waals surface area contributed by atoms with Crippen LogP contribution in [0.5, 0.6) is 0 Å².